The van der Waals surface area contributed by atoms with Crippen LogP contribution < -0.4 is 27.1 Å². The Morgan fingerprint density at radius 3 is 2.38 bits per heavy atom. The van der Waals surface area contributed by atoms with Gasteiger partial charge in [0.05, 0.1) is 21.4 Å². The predicted octanol–water partition coefficient (Wildman–Crippen LogP) is 0.649. The number of rotatable bonds is 5. The van der Waals surface area contributed by atoms with Crippen molar-refractivity contribution in [2.75, 3.05) is 0 Å². The van der Waals surface area contributed by atoms with Gasteiger partial charge in [0.25, 0.3) is 16.7 Å². The summed E-state index contributed by atoms with van der Waals surface area (Å²) in [6.07, 6.45) is 0.0768. The van der Waals surface area contributed by atoms with Crippen LogP contribution in [-0.2, 0) is 6.42 Å². The number of ether oxygens (including phenoxy) is 1. The first-order valence-corrected chi connectivity index (χ1v) is 9.95. The molecule has 0 radical (unpaired) electrons. The van der Waals surface area contributed by atoms with Crippen molar-refractivity contribution < 1.29 is 4.74 Å². The van der Waals surface area contributed by atoms with Crippen molar-refractivity contribution in [3.8, 4) is 23.4 Å². The van der Waals surface area contributed by atoms with Crippen molar-refractivity contribution in [3.05, 3.63) is 98.9 Å². The maximum absolute atomic E-state index is 12.1. The summed E-state index contributed by atoms with van der Waals surface area (Å²) in [5, 5.41) is 24.8. The number of H-pyrrole nitrogens is 3. The van der Waals surface area contributed by atoms with Crippen LogP contribution in [0.3, 0.4) is 0 Å². The Morgan fingerprint density at radius 1 is 1.00 bits per heavy atom. The highest BCUT2D eigenvalue weighted by molar-refractivity contribution is 6.37. The molecular weight excluding hydrogens is 491 g/mol. The molecule has 0 spiro atoms. The van der Waals surface area contributed by atoms with E-state index in [4.69, 9.17) is 33.2 Å². The van der Waals surface area contributed by atoms with Crippen molar-refractivity contribution >= 4 is 23.2 Å². The van der Waals surface area contributed by atoms with E-state index in [1.165, 1.54) is 30.3 Å². The number of nitriles is 1. The Kier molecular flexibility index (Phi) is 6.09. The molecule has 0 saturated carbocycles. The lowest BCUT2D eigenvalue weighted by Crippen LogP contribution is -2.33. The molecule has 3 aromatic heterocycles. The van der Waals surface area contributed by atoms with E-state index in [0.29, 0.717) is 5.69 Å². The summed E-state index contributed by atoms with van der Waals surface area (Å²) in [6.45, 7) is 0. The molecule has 0 aliphatic carbocycles. The molecule has 0 amide bonds. The van der Waals surface area contributed by atoms with E-state index in [1.807, 2.05) is 4.98 Å². The Labute approximate surface area is 197 Å². The summed E-state index contributed by atoms with van der Waals surface area (Å²) in [5.74, 6) is -0.0978. The fourth-order valence-corrected chi connectivity index (χ4v) is 3.35. The monoisotopic (exact) mass is 500 g/mol. The van der Waals surface area contributed by atoms with Crippen molar-refractivity contribution in [1.29, 1.82) is 5.26 Å². The van der Waals surface area contributed by atoms with Gasteiger partial charge in [0, 0.05) is 24.1 Å². The summed E-state index contributed by atoms with van der Waals surface area (Å²) < 4.78 is 6.38. The van der Waals surface area contributed by atoms with E-state index in [-0.39, 0.29) is 44.9 Å². The number of aromatic amines is 3. The number of aromatic nitrogens is 7. The molecule has 0 aliphatic rings. The van der Waals surface area contributed by atoms with E-state index in [0.717, 1.165) is 4.68 Å². The van der Waals surface area contributed by atoms with Crippen molar-refractivity contribution in [2.45, 2.75) is 6.42 Å². The van der Waals surface area contributed by atoms with E-state index in [1.54, 1.807) is 6.07 Å². The lowest BCUT2D eigenvalue weighted by molar-refractivity contribution is 0.453. The molecule has 3 N–H and O–H groups in total. The van der Waals surface area contributed by atoms with Gasteiger partial charge in [0.15, 0.2) is 5.75 Å². The van der Waals surface area contributed by atoms with Crippen molar-refractivity contribution in [3.63, 3.8) is 0 Å². The lowest BCUT2D eigenvalue weighted by Gasteiger charge is -2.12. The molecule has 0 aliphatic heterocycles. The van der Waals surface area contributed by atoms with Gasteiger partial charge in [0.2, 0.25) is 11.6 Å². The minimum absolute atomic E-state index is 0.0438. The second-order valence-electron chi connectivity index (χ2n) is 6.62. The zero-order valence-electron chi connectivity index (χ0n) is 16.6. The van der Waals surface area contributed by atoms with Gasteiger partial charge >= 0.3 is 5.69 Å². The molecule has 1 aromatic carbocycles. The largest absolute Gasteiger partial charge is 0.434 e. The average Bonchev–Trinajstić information content (AvgIpc) is 2.80. The highest BCUT2D eigenvalue weighted by Gasteiger charge is 2.16. The smallest absolute Gasteiger partial charge is 0.349 e. The van der Waals surface area contributed by atoms with E-state index in [9.17, 15) is 19.2 Å². The van der Waals surface area contributed by atoms with Crippen molar-refractivity contribution in [2.24, 2.45) is 0 Å². The number of hydrogen-bond donors (Lipinski definition) is 3. The number of nitrogens with one attached hydrogen (secondary N) is 3. The molecule has 0 saturated heterocycles. The molecule has 4 rings (SSSR count). The second kappa shape index (κ2) is 9.14. The summed E-state index contributed by atoms with van der Waals surface area (Å²) >= 11 is 12.5. The fourth-order valence-electron chi connectivity index (χ4n) is 2.79. The third-order valence-corrected chi connectivity index (χ3v) is 4.89. The molecule has 0 atom stereocenters. The standard InChI is InChI=1S/C19H10Cl2N8O5/c20-11-5-10(29-19(33)23-18(32)13(7-22)28-29)6-12(21)16(11)34-15-4-8(17(31)27-26-15)3-9-1-2-14(30)25-24-9/h1-2,4-6H,3H2,(H,25,30)(H,27,31)(H,23,32,33). The van der Waals surface area contributed by atoms with Crippen LogP contribution in [0.4, 0.5) is 0 Å². The molecule has 13 nitrogen and oxygen atoms in total. The van der Waals surface area contributed by atoms with Crippen LogP contribution >= 0.6 is 23.2 Å². The van der Waals surface area contributed by atoms with Gasteiger partial charge in [-0.2, -0.15) is 15.0 Å². The number of hydrogen-bond acceptors (Lipinski definition) is 9. The lowest BCUT2D eigenvalue weighted by atomic mass is 10.1. The Morgan fingerprint density at radius 2 is 1.74 bits per heavy atom. The molecular formula is C19H10Cl2N8O5. The summed E-state index contributed by atoms with van der Waals surface area (Å²) in [6, 6.07) is 8.21. The molecule has 0 unspecified atom stereocenters. The van der Waals surface area contributed by atoms with Gasteiger partial charge in [-0.3, -0.25) is 19.4 Å². The first-order chi connectivity index (χ1) is 16.2. The maximum atomic E-state index is 12.1. The molecule has 34 heavy (non-hydrogen) atoms. The highest BCUT2D eigenvalue weighted by atomic mass is 35.5. The van der Waals surface area contributed by atoms with E-state index < -0.39 is 22.5 Å². The Bertz CT molecular complexity index is 1660. The average molecular weight is 501 g/mol. The van der Waals surface area contributed by atoms with Crippen LogP contribution in [0.2, 0.25) is 10.0 Å². The predicted molar refractivity (Wildman–Crippen MR) is 118 cm³/mol. The molecule has 15 heteroatoms. The molecule has 0 bridgehead atoms. The van der Waals surface area contributed by atoms with Gasteiger partial charge in [-0.05, 0) is 18.2 Å². The van der Waals surface area contributed by atoms with Crippen LogP contribution in [-0.4, -0.2) is 35.2 Å². The van der Waals surface area contributed by atoms with Gasteiger partial charge in [-0.15, -0.1) is 10.2 Å². The molecule has 4 aromatic rings. The number of benzene rings is 1. The zero-order valence-corrected chi connectivity index (χ0v) is 18.1. The quantitative estimate of drug-likeness (QED) is 0.352. The summed E-state index contributed by atoms with van der Waals surface area (Å²) in [4.78, 5) is 48.9. The van der Waals surface area contributed by atoms with E-state index >= 15 is 0 Å². The third-order valence-electron chi connectivity index (χ3n) is 4.33. The van der Waals surface area contributed by atoms with Crippen LogP contribution in [0.15, 0.2) is 49.5 Å². The van der Waals surface area contributed by atoms with E-state index in [2.05, 4.69) is 25.5 Å². The molecule has 0 fully saturated rings. The summed E-state index contributed by atoms with van der Waals surface area (Å²) in [7, 11) is 0. The maximum Gasteiger partial charge on any atom is 0.349 e. The number of halogens is 2. The van der Waals surface area contributed by atoms with Crippen LogP contribution in [0.1, 0.15) is 17.0 Å². The van der Waals surface area contributed by atoms with Crippen molar-refractivity contribution in [1.82, 2.24) is 35.2 Å². The van der Waals surface area contributed by atoms with Crippen LogP contribution in [0.25, 0.3) is 5.69 Å². The molecule has 3 heterocycles. The Hall–Kier alpha value is -4.54. The normalized spacial score (nSPS) is 10.6. The zero-order chi connectivity index (χ0) is 24.4. The van der Waals surface area contributed by atoms with Gasteiger partial charge in [0.1, 0.15) is 6.07 Å². The first kappa shape index (κ1) is 22.6. The second-order valence-corrected chi connectivity index (χ2v) is 7.44. The van der Waals surface area contributed by atoms with Gasteiger partial charge < -0.3 is 4.74 Å². The van der Waals surface area contributed by atoms with Crippen LogP contribution in [0, 0.1) is 11.3 Å². The SMILES string of the molecule is N#Cc1nn(-c2cc(Cl)c(Oc3cc(Cc4ccc(=O)[nH]n4)c(=O)[nH]n3)c(Cl)c2)c(=O)[nH]c1=O. The highest BCUT2D eigenvalue weighted by Crippen LogP contribution is 2.37. The third kappa shape index (κ3) is 4.63. The first-order valence-electron chi connectivity index (χ1n) is 9.19. The van der Waals surface area contributed by atoms with Gasteiger partial charge in [-0.1, -0.05) is 23.2 Å². The fraction of sp³-hybridized carbons (Fsp3) is 0.0526. The number of nitrogens with zero attached hydrogens (tertiary/aromatic N) is 5. The minimum Gasteiger partial charge on any atom is -0.434 e. The topological polar surface area (TPSA) is 192 Å². The molecule has 170 valence electrons. The van der Waals surface area contributed by atoms with Crippen LogP contribution in [0.5, 0.6) is 11.6 Å². The minimum atomic E-state index is -0.932. The van der Waals surface area contributed by atoms with Gasteiger partial charge in [-0.25, -0.2) is 15.0 Å². The summed E-state index contributed by atoms with van der Waals surface area (Å²) in [5.41, 5.74) is -2.53. The Balaban J connectivity index is 1.67.